The zero-order valence-corrected chi connectivity index (χ0v) is 11.0. The van der Waals surface area contributed by atoms with E-state index in [1.807, 2.05) is 27.8 Å². The molecule has 5 heteroatoms. The van der Waals surface area contributed by atoms with Crippen molar-refractivity contribution < 1.29 is 4.39 Å². The van der Waals surface area contributed by atoms with Gasteiger partial charge in [0.1, 0.15) is 11.5 Å². The van der Waals surface area contributed by atoms with Crippen LogP contribution in [0.25, 0.3) is 5.69 Å². The molecule has 0 spiro atoms. The van der Waals surface area contributed by atoms with Gasteiger partial charge in [-0.2, -0.15) is 0 Å². The van der Waals surface area contributed by atoms with Crippen molar-refractivity contribution in [2.24, 2.45) is 0 Å². The van der Waals surface area contributed by atoms with Crippen LogP contribution in [0.3, 0.4) is 0 Å². The highest BCUT2D eigenvalue weighted by Gasteiger charge is 2.16. The molecule has 1 unspecified atom stereocenters. The molecule has 0 amide bonds. The van der Waals surface area contributed by atoms with Gasteiger partial charge in [0.2, 0.25) is 0 Å². The maximum atomic E-state index is 13.3. The number of halogens is 1. The van der Waals surface area contributed by atoms with Crippen LogP contribution in [0.5, 0.6) is 0 Å². The molecule has 2 aromatic rings. The number of rotatable bonds is 3. The normalized spacial score (nSPS) is 12.7. The van der Waals surface area contributed by atoms with E-state index in [1.165, 1.54) is 12.1 Å². The first kappa shape index (κ1) is 12.7. The van der Waals surface area contributed by atoms with Crippen LogP contribution in [-0.4, -0.2) is 22.0 Å². The van der Waals surface area contributed by atoms with Gasteiger partial charge in [0, 0.05) is 0 Å². The highest BCUT2D eigenvalue weighted by molar-refractivity contribution is 5.41. The maximum Gasteiger partial charge on any atom is 0.125 e. The van der Waals surface area contributed by atoms with Gasteiger partial charge in [-0.1, -0.05) is 11.3 Å². The van der Waals surface area contributed by atoms with Crippen LogP contribution in [-0.2, 0) is 0 Å². The highest BCUT2D eigenvalue weighted by atomic mass is 19.1. The summed E-state index contributed by atoms with van der Waals surface area (Å²) in [6.45, 7) is 5.88. The van der Waals surface area contributed by atoms with E-state index in [0.717, 1.165) is 22.6 Å². The zero-order chi connectivity index (χ0) is 13.3. The number of hydrogen-bond donors (Lipinski definition) is 1. The van der Waals surface area contributed by atoms with Crippen LogP contribution < -0.4 is 5.32 Å². The Labute approximate surface area is 106 Å². The summed E-state index contributed by atoms with van der Waals surface area (Å²) in [5, 5.41) is 11.4. The SMILES string of the molecule is CNC(C)c1nnn(-c2cc(F)ccc2C)c1C. The standard InChI is InChI=1S/C13H17FN4/c1-8-5-6-11(14)7-12(8)18-10(3)13(16-17-18)9(2)15-4/h5-7,9,15H,1-4H3. The molecule has 18 heavy (non-hydrogen) atoms. The van der Waals surface area contributed by atoms with E-state index in [1.54, 1.807) is 10.7 Å². The lowest BCUT2D eigenvalue weighted by Crippen LogP contribution is -2.14. The molecular weight excluding hydrogens is 231 g/mol. The Morgan fingerprint density at radius 3 is 2.72 bits per heavy atom. The lowest BCUT2D eigenvalue weighted by Gasteiger charge is -2.10. The Morgan fingerprint density at radius 2 is 2.06 bits per heavy atom. The monoisotopic (exact) mass is 248 g/mol. The highest BCUT2D eigenvalue weighted by Crippen LogP contribution is 2.20. The number of hydrogen-bond acceptors (Lipinski definition) is 3. The first-order chi connectivity index (χ1) is 8.54. The van der Waals surface area contributed by atoms with Crippen LogP contribution in [0.2, 0.25) is 0 Å². The Kier molecular flexibility index (Phi) is 3.43. The van der Waals surface area contributed by atoms with Crippen LogP contribution in [0.15, 0.2) is 18.2 Å². The minimum Gasteiger partial charge on any atom is -0.312 e. The second-order valence-electron chi connectivity index (χ2n) is 4.41. The van der Waals surface area contributed by atoms with E-state index in [0.29, 0.717) is 0 Å². The van der Waals surface area contributed by atoms with Crippen LogP contribution in [0.1, 0.15) is 29.9 Å². The van der Waals surface area contributed by atoms with Crippen molar-refractivity contribution in [1.29, 1.82) is 0 Å². The molecule has 0 aliphatic heterocycles. The van der Waals surface area contributed by atoms with Crippen LogP contribution >= 0.6 is 0 Å². The molecule has 4 nitrogen and oxygen atoms in total. The Morgan fingerprint density at radius 1 is 1.33 bits per heavy atom. The molecule has 0 aliphatic rings. The molecule has 1 N–H and O–H groups in total. The zero-order valence-electron chi connectivity index (χ0n) is 11.0. The number of nitrogens with one attached hydrogen (secondary N) is 1. The van der Waals surface area contributed by atoms with Crippen molar-refractivity contribution in [1.82, 2.24) is 20.3 Å². The van der Waals surface area contributed by atoms with E-state index >= 15 is 0 Å². The van der Waals surface area contributed by atoms with Gasteiger partial charge in [-0.25, -0.2) is 9.07 Å². The summed E-state index contributed by atoms with van der Waals surface area (Å²) in [7, 11) is 1.87. The molecule has 1 aromatic heterocycles. The third kappa shape index (κ3) is 2.13. The maximum absolute atomic E-state index is 13.3. The Hall–Kier alpha value is -1.75. The third-order valence-corrected chi connectivity index (χ3v) is 3.17. The minimum absolute atomic E-state index is 0.118. The van der Waals surface area contributed by atoms with Crippen molar-refractivity contribution in [3.8, 4) is 5.69 Å². The smallest absolute Gasteiger partial charge is 0.125 e. The van der Waals surface area contributed by atoms with Crippen molar-refractivity contribution in [2.75, 3.05) is 7.05 Å². The first-order valence-electron chi connectivity index (χ1n) is 5.90. The van der Waals surface area contributed by atoms with Gasteiger partial charge < -0.3 is 5.32 Å². The molecular formula is C13H17FN4. The summed E-state index contributed by atoms with van der Waals surface area (Å²) in [4.78, 5) is 0. The summed E-state index contributed by atoms with van der Waals surface area (Å²) in [6, 6.07) is 4.78. The minimum atomic E-state index is -0.270. The van der Waals surface area contributed by atoms with E-state index in [-0.39, 0.29) is 11.9 Å². The van der Waals surface area contributed by atoms with E-state index < -0.39 is 0 Å². The van der Waals surface area contributed by atoms with Gasteiger partial charge in [-0.3, -0.25) is 0 Å². The molecule has 2 rings (SSSR count). The fourth-order valence-electron chi connectivity index (χ4n) is 1.92. The van der Waals surface area contributed by atoms with Crippen LogP contribution in [0.4, 0.5) is 4.39 Å². The molecule has 0 fully saturated rings. The molecule has 0 saturated carbocycles. The molecule has 0 bridgehead atoms. The van der Waals surface area contributed by atoms with Gasteiger partial charge in [0.25, 0.3) is 0 Å². The summed E-state index contributed by atoms with van der Waals surface area (Å²) < 4.78 is 15.0. The van der Waals surface area contributed by atoms with Crippen molar-refractivity contribution in [3.05, 3.63) is 41.0 Å². The molecule has 96 valence electrons. The Bertz CT molecular complexity index is 562. The second-order valence-corrected chi connectivity index (χ2v) is 4.41. The number of aromatic nitrogens is 3. The summed E-state index contributed by atoms with van der Waals surface area (Å²) in [6.07, 6.45) is 0. The van der Waals surface area contributed by atoms with Crippen molar-refractivity contribution in [3.63, 3.8) is 0 Å². The van der Waals surface area contributed by atoms with Gasteiger partial charge in [0.15, 0.2) is 0 Å². The number of nitrogens with zero attached hydrogens (tertiary/aromatic N) is 3. The van der Waals surface area contributed by atoms with Gasteiger partial charge in [0.05, 0.1) is 17.4 Å². The predicted molar refractivity (Wildman–Crippen MR) is 68.3 cm³/mol. The van der Waals surface area contributed by atoms with E-state index in [9.17, 15) is 4.39 Å². The fourth-order valence-corrected chi connectivity index (χ4v) is 1.92. The largest absolute Gasteiger partial charge is 0.312 e. The predicted octanol–water partition coefficient (Wildman–Crippen LogP) is 2.30. The topological polar surface area (TPSA) is 42.7 Å². The summed E-state index contributed by atoms with van der Waals surface area (Å²) in [5.41, 5.74) is 3.49. The van der Waals surface area contributed by atoms with Gasteiger partial charge in [-0.05, 0) is 45.5 Å². The van der Waals surface area contributed by atoms with E-state index in [2.05, 4.69) is 15.6 Å². The van der Waals surface area contributed by atoms with Crippen molar-refractivity contribution in [2.45, 2.75) is 26.8 Å². The summed E-state index contributed by atoms with van der Waals surface area (Å²) >= 11 is 0. The van der Waals surface area contributed by atoms with E-state index in [4.69, 9.17) is 0 Å². The molecule has 1 aromatic carbocycles. The van der Waals surface area contributed by atoms with Gasteiger partial charge >= 0.3 is 0 Å². The molecule has 0 aliphatic carbocycles. The van der Waals surface area contributed by atoms with Crippen LogP contribution in [0, 0.1) is 19.7 Å². The molecule has 0 radical (unpaired) electrons. The van der Waals surface area contributed by atoms with Gasteiger partial charge in [-0.15, -0.1) is 5.10 Å². The average Bonchev–Trinajstić information content (AvgIpc) is 2.73. The Balaban J connectivity index is 2.52. The molecule has 1 heterocycles. The molecule has 1 atom stereocenters. The summed E-state index contributed by atoms with van der Waals surface area (Å²) in [5.74, 6) is -0.270. The quantitative estimate of drug-likeness (QED) is 0.906. The molecule has 0 saturated heterocycles. The lowest BCUT2D eigenvalue weighted by molar-refractivity contribution is 0.623. The number of aryl methyl sites for hydroxylation is 1. The lowest BCUT2D eigenvalue weighted by atomic mass is 10.1. The third-order valence-electron chi connectivity index (χ3n) is 3.17. The second kappa shape index (κ2) is 4.86. The van der Waals surface area contributed by atoms with Crippen molar-refractivity contribution >= 4 is 0 Å². The number of benzene rings is 1. The fraction of sp³-hybridized carbons (Fsp3) is 0.385. The first-order valence-corrected chi connectivity index (χ1v) is 5.90. The average molecular weight is 248 g/mol.